The number of nitrogens with two attached hydrogens (primary N) is 3. The Morgan fingerprint density at radius 3 is 2.11 bits per heavy atom. The number of aromatic hydroxyl groups is 1. The second-order valence-electron chi connectivity index (χ2n) is 8.94. The molecule has 0 aliphatic rings. The predicted molar refractivity (Wildman–Crippen MR) is 140 cm³/mol. The number of carboxylic acids is 1. The van der Waals surface area contributed by atoms with Crippen LogP contribution in [0.4, 0.5) is 0 Å². The SMILES string of the molecule is CCC(C)C(NC(=O)C(N)CCCN=C(N)N)C(=O)NC(CO)C(=O)NC(Cc1ccc(O)cc1)C(=O)O. The molecule has 14 heteroatoms. The number of hydrogen-bond acceptors (Lipinski definition) is 8. The summed E-state index contributed by atoms with van der Waals surface area (Å²) in [5.74, 6) is -3.99. The van der Waals surface area contributed by atoms with Gasteiger partial charge in [-0.2, -0.15) is 0 Å². The van der Waals surface area contributed by atoms with Gasteiger partial charge in [0.25, 0.3) is 0 Å². The number of carboxylic acid groups (broad SMARTS) is 1. The van der Waals surface area contributed by atoms with Gasteiger partial charge in [-0.15, -0.1) is 0 Å². The van der Waals surface area contributed by atoms with Crippen molar-refractivity contribution in [3.63, 3.8) is 0 Å². The highest BCUT2D eigenvalue weighted by Gasteiger charge is 2.32. The van der Waals surface area contributed by atoms with Gasteiger partial charge in [0.1, 0.15) is 23.9 Å². The predicted octanol–water partition coefficient (Wildman–Crippen LogP) is -2.11. The van der Waals surface area contributed by atoms with Gasteiger partial charge in [0, 0.05) is 13.0 Å². The van der Waals surface area contributed by atoms with Gasteiger partial charge in [-0.3, -0.25) is 19.4 Å². The summed E-state index contributed by atoms with van der Waals surface area (Å²) in [6, 6.07) is 0.947. The molecule has 0 heterocycles. The van der Waals surface area contributed by atoms with Crippen LogP contribution in [-0.4, -0.2) is 82.3 Å². The Labute approximate surface area is 221 Å². The van der Waals surface area contributed by atoms with Crippen LogP contribution in [-0.2, 0) is 25.6 Å². The second-order valence-corrected chi connectivity index (χ2v) is 8.94. The molecule has 0 bridgehead atoms. The maximum absolute atomic E-state index is 13.0. The summed E-state index contributed by atoms with van der Waals surface area (Å²) >= 11 is 0. The summed E-state index contributed by atoms with van der Waals surface area (Å²) in [6.07, 6.45) is 1.10. The summed E-state index contributed by atoms with van der Waals surface area (Å²) in [5.41, 5.74) is 17.0. The standard InChI is InChI=1S/C24H39N7O7/c1-3-13(2)19(31-20(34)16(25)5-4-10-28-24(26)27)22(36)30-18(12-32)21(35)29-17(23(37)38)11-14-6-8-15(33)9-7-14/h6-9,13,16-19,32-33H,3-5,10-12,25H2,1-2H3,(H,29,35)(H,30,36)(H,31,34)(H,37,38)(H4,26,27,28). The average Bonchev–Trinajstić information content (AvgIpc) is 2.87. The van der Waals surface area contributed by atoms with Gasteiger partial charge in [-0.05, 0) is 36.5 Å². The van der Waals surface area contributed by atoms with Crippen LogP contribution >= 0.6 is 0 Å². The molecule has 0 fully saturated rings. The smallest absolute Gasteiger partial charge is 0.326 e. The molecule has 14 nitrogen and oxygen atoms in total. The zero-order valence-corrected chi connectivity index (χ0v) is 21.6. The van der Waals surface area contributed by atoms with Crippen LogP contribution in [0.3, 0.4) is 0 Å². The van der Waals surface area contributed by atoms with Crippen LogP contribution in [0.1, 0.15) is 38.7 Å². The van der Waals surface area contributed by atoms with Gasteiger partial charge in [-0.1, -0.05) is 32.4 Å². The third-order valence-electron chi connectivity index (χ3n) is 5.90. The fraction of sp³-hybridized carbons (Fsp3) is 0.542. The van der Waals surface area contributed by atoms with Crippen molar-refractivity contribution in [2.45, 2.75) is 63.7 Å². The van der Waals surface area contributed by atoms with Crippen LogP contribution in [0.25, 0.3) is 0 Å². The van der Waals surface area contributed by atoms with E-state index in [1.54, 1.807) is 6.92 Å². The highest BCUT2D eigenvalue weighted by Crippen LogP contribution is 2.12. The van der Waals surface area contributed by atoms with E-state index in [4.69, 9.17) is 17.2 Å². The highest BCUT2D eigenvalue weighted by molar-refractivity contribution is 5.94. The van der Waals surface area contributed by atoms with E-state index in [-0.39, 0.29) is 37.0 Å². The Bertz CT molecular complexity index is 967. The normalized spacial score (nSPS) is 14.7. The van der Waals surface area contributed by atoms with Gasteiger partial charge in [0.05, 0.1) is 12.6 Å². The van der Waals surface area contributed by atoms with Crippen LogP contribution in [0.2, 0.25) is 0 Å². The van der Waals surface area contributed by atoms with Crippen LogP contribution < -0.4 is 33.2 Å². The van der Waals surface area contributed by atoms with E-state index in [9.17, 15) is 34.5 Å². The minimum atomic E-state index is -1.47. The number of aliphatic hydroxyl groups is 1. The number of hydrogen-bond donors (Lipinski definition) is 9. The van der Waals surface area contributed by atoms with Crippen molar-refractivity contribution in [1.29, 1.82) is 0 Å². The molecule has 0 radical (unpaired) electrons. The van der Waals surface area contributed by atoms with Crippen LogP contribution in [0.15, 0.2) is 29.3 Å². The first-order chi connectivity index (χ1) is 17.9. The van der Waals surface area contributed by atoms with Crippen molar-refractivity contribution in [1.82, 2.24) is 16.0 Å². The number of guanidine groups is 1. The third-order valence-corrected chi connectivity index (χ3v) is 5.90. The van der Waals surface area contributed by atoms with Crippen molar-refractivity contribution < 1.29 is 34.5 Å². The molecule has 12 N–H and O–H groups in total. The largest absolute Gasteiger partial charge is 0.508 e. The number of carbonyl (C=O) groups excluding carboxylic acids is 3. The fourth-order valence-electron chi connectivity index (χ4n) is 3.41. The lowest BCUT2D eigenvalue weighted by Crippen LogP contribution is -2.59. The van der Waals surface area contributed by atoms with E-state index < -0.39 is 54.5 Å². The fourth-order valence-corrected chi connectivity index (χ4v) is 3.41. The number of phenols is 1. The number of carbonyl (C=O) groups is 4. The maximum Gasteiger partial charge on any atom is 0.326 e. The molecular formula is C24H39N7O7. The Morgan fingerprint density at radius 1 is 0.974 bits per heavy atom. The quantitative estimate of drug-likeness (QED) is 0.0630. The number of aliphatic carboxylic acids is 1. The van der Waals surface area contributed by atoms with Gasteiger partial charge in [0.2, 0.25) is 17.7 Å². The van der Waals surface area contributed by atoms with Gasteiger partial charge in [0.15, 0.2) is 5.96 Å². The first-order valence-electron chi connectivity index (χ1n) is 12.2. The van der Waals surface area contributed by atoms with E-state index in [1.807, 2.05) is 6.92 Å². The molecule has 0 aromatic heterocycles. The van der Waals surface area contributed by atoms with Gasteiger partial charge in [-0.25, -0.2) is 4.79 Å². The number of aliphatic hydroxyl groups excluding tert-OH is 1. The average molecular weight is 538 g/mol. The van der Waals surface area contributed by atoms with Crippen molar-refractivity contribution >= 4 is 29.7 Å². The third kappa shape index (κ3) is 11.0. The van der Waals surface area contributed by atoms with E-state index >= 15 is 0 Å². The van der Waals surface area contributed by atoms with Crippen molar-refractivity contribution in [2.75, 3.05) is 13.2 Å². The summed E-state index contributed by atoms with van der Waals surface area (Å²) in [7, 11) is 0. The molecule has 0 saturated heterocycles. The minimum absolute atomic E-state index is 0.00238. The minimum Gasteiger partial charge on any atom is -0.508 e. The Balaban J connectivity index is 2.84. The zero-order chi connectivity index (χ0) is 28.8. The number of nitrogens with zero attached hydrogens (tertiary/aromatic N) is 1. The molecule has 0 aliphatic carbocycles. The molecule has 5 unspecified atom stereocenters. The lowest BCUT2D eigenvalue weighted by Gasteiger charge is -2.27. The van der Waals surface area contributed by atoms with Crippen molar-refractivity contribution in [2.24, 2.45) is 28.1 Å². The first kappa shape index (κ1) is 32.1. The zero-order valence-electron chi connectivity index (χ0n) is 21.6. The molecule has 1 aromatic carbocycles. The Kier molecular flexibility index (Phi) is 13.6. The maximum atomic E-state index is 13.0. The molecule has 212 valence electrons. The summed E-state index contributed by atoms with van der Waals surface area (Å²) in [4.78, 5) is 53.9. The number of phenolic OH excluding ortho intramolecular Hbond substituents is 1. The number of aliphatic imine (C=N–C) groups is 1. The molecule has 1 aromatic rings. The molecule has 0 saturated carbocycles. The molecular weight excluding hydrogens is 498 g/mol. The van der Waals surface area contributed by atoms with E-state index in [2.05, 4.69) is 20.9 Å². The highest BCUT2D eigenvalue weighted by atomic mass is 16.4. The number of benzene rings is 1. The topological polar surface area (TPSA) is 255 Å². The van der Waals surface area contributed by atoms with E-state index in [0.717, 1.165) is 0 Å². The molecule has 1 rings (SSSR count). The molecule has 38 heavy (non-hydrogen) atoms. The monoisotopic (exact) mass is 537 g/mol. The van der Waals surface area contributed by atoms with Crippen LogP contribution in [0, 0.1) is 5.92 Å². The number of amides is 3. The summed E-state index contributed by atoms with van der Waals surface area (Å²) in [5, 5.41) is 35.9. The van der Waals surface area contributed by atoms with Gasteiger partial charge >= 0.3 is 5.97 Å². The molecule has 0 aliphatic heterocycles. The van der Waals surface area contributed by atoms with Crippen LogP contribution in [0.5, 0.6) is 5.75 Å². The molecule has 3 amide bonds. The second kappa shape index (κ2) is 16.0. The number of rotatable bonds is 16. The lowest BCUT2D eigenvalue weighted by atomic mass is 9.97. The van der Waals surface area contributed by atoms with E-state index in [1.165, 1.54) is 24.3 Å². The van der Waals surface area contributed by atoms with Gasteiger partial charge < -0.3 is 48.5 Å². The van der Waals surface area contributed by atoms with E-state index in [0.29, 0.717) is 18.4 Å². The number of nitrogens with one attached hydrogen (secondary N) is 3. The first-order valence-corrected chi connectivity index (χ1v) is 12.2. The molecule has 0 spiro atoms. The Morgan fingerprint density at radius 2 is 1.58 bits per heavy atom. The van der Waals surface area contributed by atoms with Crippen molar-refractivity contribution in [3.8, 4) is 5.75 Å². The van der Waals surface area contributed by atoms with Crippen molar-refractivity contribution in [3.05, 3.63) is 29.8 Å². The summed E-state index contributed by atoms with van der Waals surface area (Å²) in [6.45, 7) is 3.01. The summed E-state index contributed by atoms with van der Waals surface area (Å²) < 4.78 is 0. The lowest BCUT2D eigenvalue weighted by molar-refractivity contribution is -0.142. The Hall–Kier alpha value is -3.91. The molecule has 5 atom stereocenters.